The lowest BCUT2D eigenvalue weighted by atomic mass is 10.1. The predicted molar refractivity (Wildman–Crippen MR) is 64.7 cm³/mol. The highest BCUT2D eigenvalue weighted by atomic mass is 15.2. The van der Waals surface area contributed by atoms with Crippen molar-refractivity contribution >= 4 is 0 Å². The Morgan fingerprint density at radius 1 is 1.20 bits per heavy atom. The van der Waals surface area contributed by atoms with E-state index in [0.29, 0.717) is 6.04 Å². The van der Waals surface area contributed by atoms with E-state index >= 15 is 0 Å². The van der Waals surface area contributed by atoms with Crippen LogP contribution < -0.4 is 5.73 Å². The number of hydrogen-bond acceptors (Lipinski definition) is 2. The number of nitrogens with two attached hydrogens (primary N) is 1. The summed E-state index contributed by atoms with van der Waals surface area (Å²) >= 11 is 0. The molecule has 88 valence electrons. The molecule has 2 aliphatic rings. The smallest absolute Gasteiger partial charge is 0.0196 e. The van der Waals surface area contributed by atoms with E-state index in [9.17, 15) is 0 Å². The zero-order valence-corrected chi connectivity index (χ0v) is 10.3. The van der Waals surface area contributed by atoms with Crippen molar-refractivity contribution in [2.45, 2.75) is 58.0 Å². The van der Waals surface area contributed by atoms with Crippen LogP contribution in [0.25, 0.3) is 0 Å². The maximum Gasteiger partial charge on any atom is 0.0196 e. The first-order chi connectivity index (χ1) is 7.16. The second-order valence-corrected chi connectivity index (χ2v) is 5.91. The molecule has 0 heterocycles. The lowest BCUT2D eigenvalue weighted by Gasteiger charge is -2.26. The summed E-state index contributed by atoms with van der Waals surface area (Å²) in [6, 6.07) is 1.34. The molecule has 1 atom stereocenters. The first kappa shape index (κ1) is 11.4. The highest BCUT2D eigenvalue weighted by molar-refractivity contribution is 4.91. The van der Waals surface area contributed by atoms with Gasteiger partial charge in [0, 0.05) is 18.6 Å². The van der Waals surface area contributed by atoms with Gasteiger partial charge in [0.25, 0.3) is 0 Å². The normalized spacial score (nSPS) is 23.8. The van der Waals surface area contributed by atoms with Crippen LogP contribution in [0.4, 0.5) is 0 Å². The van der Waals surface area contributed by atoms with Crippen LogP contribution in [0.15, 0.2) is 0 Å². The molecule has 2 rings (SSSR count). The lowest BCUT2D eigenvalue weighted by Crippen LogP contribution is -2.40. The average Bonchev–Trinajstić information content (AvgIpc) is 3.05. The molecule has 0 aromatic carbocycles. The van der Waals surface area contributed by atoms with Crippen LogP contribution in [-0.2, 0) is 0 Å². The van der Waals surface area contributed by atoms with Gasteiger partial charge in [-0.25, -0.2) is 0 Å². The highest BCUT2D eigenvalue weighted by Gasteiger charge is 2.34. The van der Waals surface area contributed by atoms with E-state index in [4.69, 9.17) is 5.73 Å². The molecule has 0 aromatic rings. The number of hydrogen-bond donors (Lipinski definition) is 1. The predicted octanol–water partition coefficient (Wildman–Crippen LogP) is 2.23. The van der Waals surface area contributed by atoms with Gasteiger partial charge in [0.15, 0.2) is 0 Å². The number of nitrogens with zero attached hydrogens (tertiary/aromatic N) is 1. The van der Waals surface area contributed by atoms with E-state index in [1.807, 2.05) is 0 Å². The molecule has 2 saturated carbocycles. The van der Waals surface area contributed by atoms with Gasteiger partial charge in [0.1, 0.15) is 0 Å². The summed E-state index contributed by atoms with van der Waals surface area (Å²) in [7, 11) is 0. The van der Waals surface area contributed by atoms with Crippen LogP contribution >= 0.6 is 0 Å². The molecule has 2 N–H and O–H groups in total. The largest absolute Gasteiger partial charge is 0.326 e. The van der Waals surface area contributed by atoms with Crippen LogP contribution in [-0.4, -0.2) is 30.1 Å². The van der Waals surface area contributed by atoms with Crippen LogP contribution in [0.3, 0.4) is 0 Å². The Balaban J connectivity index is 1.72. The standard InChI is InChI=1S/C13H26N2/c1-10(2)7-8-15(12-5-6-12)9-13(14)11-3-4-11/h10-13H,3-9,14H2,1-2H3. The Hall–Kier alpha value is -0.0800. The molecule has 0 amide bonds. The molecule has 0 bridgehead atoms. The molecule has 2 aliphatic carbocycles. The summed E-state index contributed by atoms with van der Waals surface area (Å²) in [5.74, 6) is 1.67. The molecule has 0 radical (unpaired) electrons. The SMILES string of the molecule is CC(C)CCN(CC(N)C1CC1)C1CC1. The minimum atomic E-state index is 0.456. The van der Waals surface area contributed by atoms with Gasteiger partial charge in [-0.1, -0.05) is 13.8 Å². The Morgan fingerprint density at radius 3 is 2.33 bits per heavy atom. The van der Waals surface area contributed by atoms with E-state index in [2.05, 4.69) is 18.7 Å². The van der Waals surface area contributed by atoms with Crippen molar-refractivity contribution in [2.75, 3.05) is 13.1 Å². The quantitative estimate of drug-likeness (QED) is 0.698. The van der Waals surface area contributed by atoms with E-state index in [-0.39, 0.29) is 0 Å². The molecule has 2 heteroatoms. The van der Waals surface area contributed by atoms with E-state index in [1.165, 1.54) is 38.6 Å². The Labute approximate surface area is 94.2 Å². The van der Waals surface area contributed by atoms with E-state index < -0.39 is 0 Å². The minimum Gasteiger partial charge on any atom is -0.326 e. The molecule has 2 fully saturated rings. The second kappa shape index (κ2) is 4.84. The zero-order chi connectivity index (χ0) is 10.8. The van der Waals surface area contributed by atoms with Gasteiger partial charge in [0.2, 0.25) is 0 Å². The van der Waals surface area contributed by atoms with Gasteiger partial charge in [-0.05, 0) is 50.5 Å². The average molecular weight is 210 g/mol. The Bertz CT molecular complexity index is 195. The van der Waals surface area contributed by atoms with Crippen molar-refractivity contribution in [2.24, 2.45) is 17.6 Å². The lowest BCUT2D eigenvalue weighted by molar-refractivity contribution is 0.226. The minimum absolute atomic E-state index is 0.456. The van der Waals surface area contributed by atoms with Crippen LogP contribution in [0.1, 0.15) is 46.0 Å². The summed E-state index contributed by atoms with van der Waals surface area (Å²) in [5.41, 5.74) is 6.21. The maximum absolute atomic E-state index is 6.21. The second-order valence-electron chi connectivity index (χ2n) is 5.91. The molecule has 15 heavy (non-hydrogen) atoms. The molecular weight excluding hydrogens is 184 g/mol. The fourth-order valence-corrected chi connectivity index (χ4v) is 2.23. The summed E-state index contributed by atoms with van der Waals surface area (Å²) in [4.78, 5) is 2.66. The monoisotopic (exact) mass is 210 g/mol. The van der Waals surface area contributed by atoms with Gasteiger partial charge in [0.05, 0.1) is 0 Å². The van der Waals surface area contributed by atoms with Gasteiger partial charge < -0.3 is 5.73 Å². The Kier molecular flexibility index (Phi) is 3.68. The fourth-order valence-electron chi connectivity index (χ4n) is 2.23. The van der Waals surface area contributed by atoms with Gasteiger partial charge in [-0.2, -0.15) is 0 Å². The highest BCUT2D eigenvalue weighted by Crippen LogP contribution is 2.34. The summed E-state index contributed by atoms with van der Waals surface area (Å²) in [6.45, 7) is 7.04. The summed E-state index contributed by atoms with van der Waals surface area (Å²) < 4.78 is 0. The molecule has 0 spiro atoms. The Morgan fingerprint density at radius 2 is 1.87 bits per heavy atom. The zero-order valence-electron chi connectivity index (χ0n) is 10.3. The summed E-state index contributed by atoms with van der Waals surface area (Å²) in [6.07, 6.45) is 6.91. The van der Waals surface area contributed by atoms with Crippen molar-refractivity contribution in [3.8, 4) is 0 Å². The van der Waals surface area contributed by atoms with Crippen molar-refractivity contribution in [1.82, 2.24) is 4.90 Å². The van der Waals surface area contributed by atoms with Gasteiger partial charge in [-0.15, -0.1) is 0 Å². The molecule has 2 nitrogen and oxygen atoms in total. The molecule has 0 saturated heterocycles. The van der Waals surface area contributed by atoms with Gasteiger partial charge in [-0.3, -0.25) is 4.90 Å². The fraction of sp³-hybridized carbons (Fsp3) is 1.00. The molecule has 1 unspecified atom stereocenters. The van der Waals surface area contributed by atoms with Crippen molar-refractivity contribution in [1.29, 1.82) is 0 Å². The summed E-state index contributed by atoms with van der Waals surface area (Å²) in [5, 5.41) is 0. The first-order valence-electron chi connectivity index (χ1n) is 6.66. The van der Waals surface area contributed by atoms with Gasteiger partial charge >= 0.3 is 0 Å². The van der Waals surface area contributed by atoms with Crippen LogP contribution in [0, 0.1) is 11.8 Å². The van der Waals surface area contributed by atoms with Crippen molar-refractivity contribution < 1.29 is 0 Å². The third-order valence-corrected chi connectivity index (χ3v) is 3.73. The molecular formula is C13H26N2. The first-order valence-corrected chi connectivity index (χ1v) is 6.66. The third kappa shape index (κ3) is 3.76. The van der Waals surface area contributed by atoms with Crippen molar-refractivity contribution in [3.63, 3.8) is 0 Å². The maximum atomic E-state index is 6.21. The molecule has 0 aromatic heterocycles. The topological polar surface area (TPSA) is 29.3 Å². The van der Waals surface area contributed by atoms with Crippen LogP contribution in [0.2, 0.25) is 0 Å². The van der Waals surface area contributed by atoms with E-state index in [1.54, 1.807) is 0 Å². The number of rotatable bonds is 7. The third-order valence-electron chi connectivity index (χ3n) is 3.73. The van der Waals surface area contributed by atoms with E-state index in [0.717, 1.165) is 24.4 Å². The van der Waals surface area contributed by atoms with Crippen LogP contribution in [0.5, 0.6) is 0 Å². The van der Waals surface area contributed by atoms with Crippen molar-refractivity contribution in [3.05, 3.63) is 0 Å². The molecule has 0 aliphatic heterocycles.